The maximum atomic E-state index is 10.8. The molecule has 0 atom stereocenters. The molecule has 1 rings (SSSR count). The number of carbonyl (C=O) groups excluding carboxylic acids is 1. The van der Waals surface area contributed by atoms with Gasteiger partial charge in [-0.2, -0.15) is 0 Å². The van der Waals surface area contributed by atoms with Crippen molar-refractivity contribution in [2.75, 3.05) is 13.6 Å². The van der Waals surface area contributed by atoms with Crippen molar-refractivity contribution in [2.24, 2.45) is 0 Å². The van der Waals surface area contributed by atoms with Crippen molar-refractivity contribution in [3.63, 3.8) is 0 Å². The molecule has 1 heterocycles. The summed E-state index contributed by atoms with van der Waals surface area (Å²) in [6.45, 7) is 8.38. The predicted molar refractivity (Wildman–Crippen MR) is 50.5 cm³/mol. The fourth-order valence-electron chi connectivity index (χ4n) is 0.959. The fraction of sp³-hybridized carbons (Fsp3) is 0.667. The summed E-state index contributed by atoms with van der Waals surface area (Å²) in [6, 6.07) is 0. The largest absolute Gasteiger partial charge is 0.367 e. The molecule has 0 aromatic heterocycles. The Balaban J connectivity index is 0.000000561. The maximum absolute atomic E-state index is 10.8. The lowest BCUT2D eigenvalue weighted by Crippen LogP contribution is -2.39. The average Bonchev–Trinajstić information content (AvgIpc) is 2.04. The molecule has 0 unspecified atom stereocenters. The second-order valence-electron chi connectivity index (χ2n) is 2.61. The van der Waals surface area contributed by atoms with Gasteiger partial charge in [0.2, 0.25) is 5.91 Å². The van der Waals surface area contributed by atoms with Crippen LogP contribution >= 0.6 is 0 Å². The van der Waals surface area contributed by atoms with Crippen molar-refractivity contribution in [1.82, 2.24) is 10.2 Å². The van der Waals surface area contributed by atoms with Crippen LogP contribution < -0.4 is 5.32 Å². The van der Waals surface area contributed by atoms with E-state index in [2.05, 4.69) is 5.32 Å². The summed E-state index contributed by atoms with van der Waals surface area (Å²) in [6.07, 6.45) is 0. The molecule has 3 nitrogen and oxygen atoms in total. The van der Waals surface area contributed by atoms with Crippen LogP contribution in [0.5, 0.6) is 0 Å². The van der Waals surface area contributed by atoms with E-state index in [4.69, 9.17) is 0 Å². The smallest absolute Gasteiger partial charge is 0.243 e. The predicted octanol–water partition coefficient (Wildman–Crippen LogP) is 1.33. The number of amides is 1. The van der Waals surface area contributed by atoms with Crippen molar-refractivity contribution in [2.45, 2.75) is 27.7 Å². The maximum Gasteiger partial charge on any atom is 0.243 e. The van der Waals surface area contributed by atoms with E-state index >= 15 is 0 Å². The standard InChI is InChI=1S/C7H12N2O.C2H6/c1-5-6(2)9(3)4-7(10)8-5;1-2/h4H2,1-3H3,(H,8,10);1-2H3. The lowest BCUT2D eigenvalue weighted by Gasteiger charge is -2.26. The average molecular weight is 170 g/mol. The van der Waals surface area contributed by atoms with Gasteiger partial charge in [0.25, 0.3) is 0 Å². The zero-order chi connectivity index (χ0) is 9.72. The van der Waals surface area contributed by atoms with E-state index in [0.29, 0.717) is 6.54 Å². The molecular formula is C9H18N2O. The minimum Gasteiger partial charge on any atom is -0.367 e. The van der Waals surface area contributed by atoms with Gasteiger partial charge < -0.3 is 10.2 Å². The van der Waals surface area contributed by atoms with Gasteiger partial charge in [-0.05, 0) is 13.8 Å². The van der Waals surface area contributed by atoms with Crippen LogP contribution in [-0.4, -0.2) is 24.4 Å². The number of nitrogens with zero attached hydrogens (tertiary/aromatic N) is 1. The minimum atomic E-state index is 0.0746. The summed E-state index contributed by atoms with van der Waals surface area (Å²) in [7, 11) is 1.91. The highest BCUT2D eigenvalue weighted by atomic mass is 16.2. The van der Waals surface area contributed by atoms with Crippen molar-refractivity contribution < 1.29 is 4.79 Å². The van der Waals surface area contributed by atoms with Crippen LogP contribution in [0.2, 0.25) is 0 Å². The SMILES string of the molecule is CC.CC1=C(C)N(C)CC(=O)N1. The first-order valence-corrected chi connectivity index (χ1v) is 4.29. The summed E-state index contributed by atoms with van der Waals surface area (Å²) in [5.74, 6) is 0.0746. The Bertz CT molecular complexity index is 197. The van der Waals surface area contributed by atoms with Gasteiger partial charge in [0.05, 0.1) is 6.54 Å². The van der Waals surface area contributed by atoms with E-state index < -0.39 is 0 Å². The topological polar surface area (TPSA) is 32.3 Å². The molecule has 0 saturated carbocycles. The Kier molecular flexibility index (Phi) is 4.40. The molecule has 0 radical (unpaired) electrons. The molecule has 1 aliphatic heterocycles. The van der Waals surface area contributed by atoms with Crippen molar-refractivity contribution in [3.05, 3.63) is 11.4 Å². The van der Waals surface area contributed by atoms with Crippen LogP contribution in [0.3, 0.4) is 0 Å². The minimum absolute atomic E-state index is 0.0746. The monoisotopic (exact) mass is 170 g/mol. The van der Waals surface area contributed by atoms with Crippen LogP contribution in [0.25, 0.3) is 0 Å². The summed E-state index contributed by atoms with van der Waals surface area (Å²) < 4.78 is 0. The summed E-state index contributed by atoms with van der Waals surface area (Å²) in [5, 5.41) is 2.76. The molecule has 0 saturated heterocycles. The first-order valence-electron chi connectivity index (χ1n) is 4.29. The third kappa shape index (κ3) is 2.57. The van der Waals surface area contributed by atoms with Gasteiger partial charge in [-0.3, -0.25) is 4.79 Å². The molecule has 0 spiro atoms. The van der Waals surface area contributed by atoms with Gasteiger partial charge in [0, 0.05) is 18.4 Å². The van der Waals surface area contributed by atoms with Crippen molar-refractivity contribution in [3.8, 4) is 0 Å². The quantitative estimate of drug-likeness (QED) is 0.594. The Hall–Kier alpha value is -0.990. The van der Waals surface area contributed by atoms with E-state index in [-0.39, 0.29) is 5.91 Å². The molecule has 1 aliphatic rings. The van der Waals surface area contributed by atoms with E-state index in [0.717, 1.165) is 11.4 Å². The molecule has 12 heavy (non-hydrogen) atoms. The first kappa shape index (κ1) is 11.0. The molecule has 1 N–H and O–H groups in total. The van der Waals surface area contributed by atoms with Crippen LogP contribution in [0.1, 0.15) is 27.7 Å². The number of hydrogen-bond acceptors (Lipinski definition) is 2. The number of likely N-dealkylation sites (N-methyl/N-ethyl adjacent to an activating group) is 1. The zero-order valence-electron chi connectivity index (χ0n) is 8.56. The Labute approximate surface area is 74.4 Å². The van der Waals surface area contributed by atoms with E-state index in [1.54, 1.807) is 0 Å². The van der Waals surface area contributed by atoms with Crippen molar-refractivity contribution in [1.29, 1.82) is 0 Å². The number of rotatable bonds is 0. The molecule has 0 fully saturated rings. The highest BCUT2D eigenvalue weighted by Gasteiger charge is 2.14. The second kappa shape index (κ2) is 4.80. The first-order chi connectivity index (χ1) is 5.61. The lowest BCUT2D eigenvalue weighted by atomic mass is 10.3. The third-order valence-electron chi connectivity index (χ3n) is 1.82. The summed E-state index contributed by atoms with van der Waals surface area (Å²) >= 11 is 0. The number of hydrogen-bond donors (Lipinski definition) is 1. The van der Waals surface area contributed by atoms with E-state index in [9.17, 15) is 4.79 Å². The Morgan fingerprint density at radius 3 is 2.25 bits per heavy atom. The van der Waals surface area contributed by atoms with Crippen LogP contribution in [0.4, 0.5) is 0 Å². The van der Waals surface area contributed by atoms with Gasteiger partial charge in [-0.25, -0.2) is 0 Å². The van der Waals surface area contributed by atoms with Crippen molar-refractivity contribution >= 4 is 5.91 Å². The number of carbonyl (C=O) groups is 1. The lowest BCUT2D eigenvalue weighted by molar-refractivity contribution is -0.121. The van der Waals surface area contributed by atoms with Crippen LogP contribution in [-0.2, 0) is 4.79 Å². The van der Waals surface area contributed by atoms with E-state index in [1.807, 2.05) is 39.6 Å². The van der Waals surface area contributed by atoms with Gasteiger partial charge in [-0.15, -0.1) is 0 Å². The third-order valence-corrected chi connectivity index (χ3v) is 1.82. The second-order valence-corrected chi connectivity index (χ2v) is 2.61. The molecule has 0 aromatic rings. The molecule has 0 bridgehead atoms. The van der Waals surface area contributed by atoms with Gasteiger partial charge in [-0.1, -0.05) is 13.8 Å². The van der Waals surface area contributed by atoms with Crippen LogP contribution in [0, 0.1) is 0 Å². The van der Waals surface area contributed by atoms with E-state index in [1.165, 1.54) is 0 Å². The summed E-state index contributed by atoms with van der Waals surface area (Å²) in [4.78, 5) is 12.8. The molecule has 70 valence electrons. The van der Waals surface area contributed by atoms with Gasteiger partial charge in [0.15, 0.2) is 0 Å². The number of allylic oxidation sites excluding steroid dienone is 2. The number of nitrogens with one attached hydrogen (secondary N) is 1. The fourth-order valence-corrected chi connectivity index (χ4v) is 0.959. The van der Waals surface area contributed by atoms with Crippen LogP contribution in [0.15, 0.2) is 11.4 Å². The Morgan fingerprint density at radius 2 is 1.83 bits per heavy atom. The molecule has 0 aromatic carbocycles. The highest BCUT2D eigenvalue weighted by molar-refractivity contribution is 5.81. The molecule has 1 amide bonds. The zero-order valence-corrected chi connectivity index (χ0v) is 8.56. The molecular weight excluding hydrogens is 152 g/mol. The Morgan fingerprint density at radius 1 is 1.33 bits per heavy atom. The van der Waals surface area contributed by atoms with Gasteiger partial charge in [0.1, 0.15) is 0 Å². The highest BCUT2D eigenvalue weighted by Crippen LogP contribution is 2.08. The molecule has 0 aliphatic carbocycles. The molecule has 3 heteroatoms. The summed E-state index contributed by atoms with van der Waals surface area (Å²) in [5.41, 5.74) is 2.10. The van der Waals surface area contributed by atoms with Gasteiger partial charge >= 0.3 is 0 Å². The normalized spacial score (nSPS) is 16.8.